The Morgan fingerprint density at radius 1 is 0.941 bits per heavy atom. The van der Waals surface area contributed by atoms with E-state index in [-0.39, 0.29) is 5.57 Å². The van der Waals surface area contributed by atoms with Crippen molar-refractivity contribution in [1.82, 2.24) is 14.4 Å². The monoisotopic (exact) mass is 459 g/mol. The van der Waals surface area contributed by atoms with Gasteiger partial charge in [-0.05, 0) is 36.1 Å². The number of benzene rings is 2. The van der Waals surface area contributed by atoms with Crippen LogP contribution in [0.15, 0.2) is 60.3 Å². The molecule has 2 heterocycles. The standard InChI is InChI=1S/C27H29N3O4/c1-5-18(2)20-10-7-9-13-24(20)34-15-14-30-17-19(21-11-6-8-12-23(21)30)16-22-25(31)28(3)27(33)29(4)26(22)32/h6-13,16-18H,5,14-15H2,1-4H3. The minimum absolute atomic E-state index is 0.0359. The lowest BCUT2D eigenvalue weighted by Crippen LogP contribution is -2.52. The van der Waals surface area contributed by atoms with E-state index < -0.39 is 17.8 Å². The molecular formula is C27H29N3O4. The predicted octanol–water partition coefficient (Wildman–Crippen LogP) is 4.67. The van der Waals surface area contributed by atoms with Crippen molar-refractivity contribution in [3.63, 3.8) is 0 Å². The van der Waals surface area contributed by atoms with Crippen molar-refractivity contribution in [2.45, 2.75) is 32.7 Å². The van der Waals surface area contributed by atoms with Crippen LogP contribution in [0.5, 0.6) is 5.75 Å². The van der Waals surface area contributed by atoms with E-state index >= 15 is 0 Å². The summed E-state index contributed by atoms with van der Waals surface area (Å²) in [6.07, 6.45) is 4.52. The molecule has 1 fully saturated rings. The molecule has 0 N–H and O–H groups in total. The minimum atomic E-state index is -0.635. The molecule has 1 aliphatic heterocycles. The van der Waals surface area contributed by atoms with Gasteiger partial charge in [0, 0.05) is 36.8 Å². The maximum Gasteiger partial charge on any atom is 0.333 e. The van der Waals surface area contributed by atoms with Crippen LogP contribution in [-0.4, -0.2) is 52.9 Å². The molecule has 1 aromatic heterocycles. The molecule has 7 heteroatoms. The number of para-hydroxylation sites is 2. The quantitative estimate of drug-likeness (QED) is 0.380. The second-order valence-electron chi connectivity index (χ2n) is 8.56. The van der Waals surface area contributed by atoms with Gasteiger partial charge in [0.25, 0.3) is 11.8 Å². The molecule has 0 radical (unpaired) electrons. The number of hydrogen-bond donors (Lipinski definition) is 0. The Balaban J connectivity index is 1.61. The predicted molar refractivity (Wildman–Crippen MR) is 131 cm³/mol. The highest BCUT2D eigenvalue weighted by Crippen LogP contribution is 2.29. The van der Waals surface area contributed by atoms with Crippen LogP contribution in [0.3, 0.4) is 0 Å². The first kappa shape index (κ1) is 23.3. The number of barbiturate groups is 1. The van der Waals surface area contributed by atoms with Crippen molar-refractivity contribution in [3.8, 4) is 5.75 Å². The second-order valence-corrected chi connectivity index (χ2v) is 8.56. The summed E-state index contributed by atoms with van der Waals surface area (Å²) in [5.41, 5.74) is 2.88. The molecule has 4 amide bonds. The summed E-state index contributed by atoms with van der Waals surface area (Å²) in [4.78, 5) is 39.2. The zero-order valence-electron chi connectivity index (χ0n) is 19.9. The number of hydrogen-bond acceptors (Lipinski definition) is 4. The largest absolute Gasteiger partial charge is 0.491 e. The molecule has 1 unspecified atom stereocenters. The molecule has 1 saturated heterocycles. The summed E-state index contributed by atoms with van der Waals surface area (Å²) in [5.74, 6) is 0.102. The lowest BCUT2D eigenvalue weighted by Gasteiger charge is -2.28. The van der Waals surface area contributed by atoms with E-state index in [1.165, 1.54) is 19.7 Å². The zero-order valence-corrected chi connectivity index (χ0v) is 19.9. The number of amides is 4. The van der Waals surface area contributed by atoms with E-state index in [0.717, 1.165) is 38.4 Å². The summed E-state index contributed by atoms with van der Waals surface area (Å²) in [6.45, 7) is 5.42. The van der Waals surface area contributed by atoms with Crippen molar-refractivity contribution >= 4 is 34.8 Å². The highest BCUT2D eigenvalue weighted by Gasteiger charge is 2.37. The van der Waals surface area contributed by atoms with Gasteiger partial charge in [-0.3, -0.25) is 19.4 Å². The molecule has 3 aromatic rings. The van der Waals surface area contributed by atoms with Crippen LogP contribution in [0.2, 0.25) is 0 Å². The second kappa shape index (κ2) is 9.55. The molecule has 34 heavy (non-hydrogen) atoms. The van der Waals surface area contributed by atoms with Crippen LogP contribution in [0.1, 0.15) is 37.3 Å². The maximum atomic E-state index is 12.6. The third-order valence-corrected chi connectivity index (χ3v) is 6.42. The van der Waals surface area contributed by atoms with Crippen molar-refractivity contribution in [3.05, 3.63) is 71.4 Å². The van der Waals surface area contributed by atoms with Gasteiger partial charge in [0.15, 0.2) is 0 Å². The van der Waals surface area contributed by atoms with Crippen molar-refractivity contribution in [1.29, 1.82) is 0 Å². The maximum absolute atomic E-state index is 12.6. The first-order valence-electron chi connectivity index (χ1n) is 11.4. The number of fused-ring (bicyclic) bond motifs is 1. The number of imide groups is 2. The molecule has 0 spiro atoms. The minimum Gasteiger partial charge on any atom is -0.491 e. The lowest BCUT2D eigenvalue weighted by atomic mass is 9.98. The van der Waals surface area contributed by atoms with E-state index in [2.05, 4.69) is 24.5 Å². The number of rotatable bonds is 7. The molecule has 0 bridgehead atoms. The number of aromatic nitrogens is 1. The van der Waals surface area contributed by atoms with Crippen molar-refractivity contribution in [2.24, 2.45) is 0 Å². The van der Waals surface area contributed by atoms with Crippen LogP contribution >= 0.6 is 0 Å². The van der Waals surface area contributed by atoms with Gasteiger partial charge in [0.2, 0.25) is 0 Å². The third kappa shape index (κ3) is 4.21. The van der Waals surface area contributed by atoms with Gasteiger partial charge in [-0.25, -0.2) is 4.79 Å². The Morgan fingerprint density at radius 2 is 1.59 bits per heavy atom. The summed E-state index contributed by atoms with van der Waals surface area (Å²) in [7, 11) is 2.75. The SMILES string of the molecule is CCC(C)c1ccccc1OCCn1cc(C=C2C(=O)N(C)C(=O)N(C)C2=O)c2ccccc21. The van der Waals surface area contributed by atoms with Gasteiger partial charge < -0.3 is 9.30 Å². The average Bonchev–Trinajstić information content (AvgIpc) is 3.21. The summed E-state index contributed by atoms with van der Waals surface area (Å²) < 4.78 is 8.21. The number of carbonyl (C=O) groups is 3. The highest BCUT2D eigenvalue weighted by molar-refractivity contribution is 6.31. The Bertz CT molecular complexity index is 1260. The van der Waals surface area contributed by atoms with Gasteiger partial charge in [-0.15, -0.1) is 0 Å². The first-order valence-corrected chi connectivity index (χ1v) is 11.4. The number of ether oxygens (including phenoxy) is 1. The van der Waals surface area contributed by atoms with Gasteiger partial charge in [0.1, 0.15) is 17.9 Å². The molecule has 2 aromatic carbocycles. The Morgan fingerprint density at radius 3 is 2.29 bits per heavy atom. The Labute approximate surface area is 199 Å². The summed E-state index contributed by atoms with van der Waals surface area (Å²) >= 11 is 0. The normalized spacial score (nSPS) is 15.3. The first-order chi connectivity index (χ1) is 16.3. The molecule has 0 aliphatic carbocycles. The smallest absolute Gasteiger partial charge is 0.333 e. The average molecular weight is 460 g/mol. The highest BCUT2D eigenvalue weighted by atomic mass is 16.5. The van der Waals surface area contributed by atoms with Crippen molar-refractivity contribution < 1.29 is 19.1 Å². The Kier molecular flexibility index (Phi) is 6.54. The van der Waals surface area contributed by atoms with Crippen LogP contribution in [0, 0.1) is 0 Å². The van der Waals surface area contributed by atoms with Crippen LogP contribution in [0.4, 0.5) is 4.79 Å². The molecule has 176 valence electrons. The molecule has 1 aliphatic rings. The van der Waals surface area contributed by atoms with Crippen LogP contribution < -0.4 is 4.74 Å². The fourth-order valence-corrected chi connectivity index (χ4v) is 4.20. The van der Waals surface area contributed by atoms with Crippen LogP contribution in [-0.2, 0) is 16.1 Å². The van der Waals surface area contributed by atoms with Crippen molar-refractivity contribution in [2.75, 3.05) is 20.7 Å². The third-order valence-electron chi connectivity index (χ3n) is 6.42. The summed E-state index contributed by atoms with van der Waals surface area (Å²) in [5, 5.41) is 0.915. The number of nitrogens with zero attached hydrogens (tertiary/aromatic N) is 3. The Hall–Kier alpha value is -3.87. The summed E-state index contributed by atoms with van der Waals surface area (Å²) in [6, 6.07) is 15.3. The fraction of sp³-hybridized carbons (Fsp3) is 0.296. The number of carbonyl (C=O) groups excluding carboxylic acids is 3. The number of urea groups is 1. The topological polar surface area (TPSA) is 71.8 Å². The van der Waals surface area contributed by atoms with Gasteiger partial charge >= 0.3 is 6.03 Å². The van der Waals surface area contributed by atoms with E-state index in [0.29, 0.717) is 19.1 Å². The van der Waals surface area contributed by atoms with E-state index in [9.17, 15) is 14.4 Å². The fourth-order valence-electron chi connectivity index (χ4n) is 4.20. The van der Waals surface area contributed by atoms with Crippen LogP contribution in [0.25, 0.3) is 17.0 Å². The molecule has 1 atom stereocenters. The van der Waals surface area contributed by atoms with Gasteiger partial charge in [0.05, 0.1) is 6.54 Å². The lowest BCUT2D eigenvalue weighted by molar-refractivity contribution is -0.134. The van der Waals surface area contributed by atoms with E-state index in [1.54, 1.807) is 6.08 Å². The van der Waals surface area contributed by atoms with Gasteiger partial charge in [-0.2, -0.15) is 0 Å². The number of likely N-dealkylation sites (N-methyl/N-ethyl adjacent to an activating group) is 2. The van der Waals surface area contributed by atoms with E-state index in [1.807, 2.05) is 48.7 Å². The molecule has 0 saturated carbocycles. The molecule has 4 rings (SSSR count). The molecular weight excluding hydrogens is 430 g/mol. The van der Waals surface area contributed by atoms with Gasteiger partial charge in [-0.1, -0.05) is 50.2 Å². The molecule has 7 nitrogen and oxygen atoms in total. The zero-order chi connectivity index (χ0) is 24.4. The van der Waals surface area contributed by atoms with E-state index in [4.69, 9.17) is 4.74 Å².